The van der Waals surface area contributed by atoms with Gasteiger partial charge in [-0.1, -0.05) is 0 Å². The smallest absolute Gasteiger partial charge is 0.197 e. The molecule has 2 heterocycles. The lowest BCUT2D eigenvalue weighted by molar-refractivity contribution is 0.235. The molecule has 0 radical (unpaired) electrons. The van der Waals surface area contributed by atoms with Crippen molar-refractivity contribution in [2.24, 2.45) is 0 Å². The molecule has 1 aliphatic rings. The molecule has 0 saturated carbocycles. The van der Waals surface area contributed by atoms with Gasteiger partial charge in [0.05, 0.1) is 6.20 Å². The molecule has 17 heavy (non-hydrogen) atoms. The quantitative estimate of drug-likeness (QED) is 0.864. The Bertz CT molecular complexity index is 342. The van der Waals surface area contributed by atoms with Crippen molar-refractivity contribution < 1.29 is 4.42 Å². The number of piperidine rings is 1. The van der Waals surface area contributed by atoms with E-state index in [2.05, 4.69) is 29.2 Å². The second kappa shape index (κ2) is 5.65. The Balaban J connectivity index is 1.93. The molecule has 0 amide bonds. The van der Waals surface area contributed by atoms with E-state index in [1.165, 1.54) is 0 Å². The Labute approximate surface area is 103 Å². The van der Waals surface area contributed by atoms with Crippen LogP contribution in [0.4, 0.5) is 0 Å². The van der Waals surface area contributed by atoms with Crippen LogP contribution in [0.3, 0.4) is 0 Å². The van der Waals surface area contributed by atoms with Crippen LogP contribution in [0.2, 0.25) is 0 Å². The monoisotopic (exact) mass is 237 g/mol. The molecular formula is C13H23N3O. The third-order valence-corrected chi connectivity index (χ3v) is 3.64. The molecule has 2 rings (SSSR count). The molecule has 0 aromatic carbocycles. The van der Waals surface area contributed by atoms with Gasteiger partial charge in [-0.15, -0.1) is 0 Å². The van der Waals surface area contributed by atoms with Crippen molar-refractivity contribution in [1.29, 1.82) is 0 Å². The highest BCUT2D eigenvalue weighted by Gasteiger charge is 2.22. The minimum absolute atomic E-state index is 0.438. The van der Waals surface area contributed by atoms with Crippen LogP contribution in [0.25, 0.3) is 0 Å². The summed E-state index contributed by atoms with van der Waals surface area (Å²) in [6.45, 7) is 4.45. The van der Waals surface area contributed by atoms with Crippen LogP contribution in [0.15, 0.2) is 10.6 Å². The van der Waals surface area contributed by atoms with Crippen molar-refractivity contribution in [3.05, 3.63) is 17.8 Å². The van der Waals surface area contributed by atoms with Gasteiger partial charge in [0.2, 0.25) is 0 Å². The number of rotatable bonds is 4. The van der Waals surface area contributed by atoms with E-state index in [1.807, 2.05) is 13.2 Å². The Hall–Kier alpha value is -0.870. The maximum atomic E-state index is 5.86. The van der Waals surface area contributed by atoms with E-state index >= 15 is 0 Å². The zero-order valence-corrected chi connectivity index (χ0v) is 11.1. The van der Waals surface area contributed by atoms with Crippen molar-refractivity contribution in [3.63, 3.8) is 0 Å². The number of likely N-dealkylation sites (tertiary alicyclic amines) is 1. The summed E-state index contributed by atoms with van der Waals surface area (Å²) in [5, 5.41) is 3.21. The van der Waals surface area contributed by atoms with E-state index in [0.29, 0.717) is 12.0 Å². The van der Waals surface area contributed by atoms with E-state index in [1.54, 1.807) is 0 Å². The van der Waals surface area contributed by atoms with Crippen LogP contribution in [0.5, 0.6) is 0 Å². The minimum Gasteiger partial charge on any atom is -0.445 e. The third kappa shape index (κ3) is 3.30. The van der Waals surface area contributed by atoms with Crippen LogP contribution in [0, 0.1) is 0 Å². The lowest BCUT2D eigenvalue weighted by Crippen LogP contribution is -2.29. The molecule has 1 atom stereocenters. The first-order valence-electron chi connectivity index (χ1n) is 6.49. The van der Waals surface area contributed by atoms with Gasteiger partial charge in [0, 0.05) is 18.4 Å². The van der Waals surface area contributed by atoms with Gasteiger partial charge < -0.3 is 14.6 Å². The second-order valence-electron chi connectivity index (χ2n) is 5.14. The van der Waals surface area contributed by atoms with Gasteiger partial charge in [-0.3, -0.25) is 0 Å². The van der Waals surface area contributed by atoms with Crippen LogP contribution in [-0.4, -0.2) is 43.1 Å². The summed E-state index contributed by atoms with van der Waals surface area (Å²) in [5.74, 6) is 2.46. The largest absolute Gasteiger partial charge is 0.445 e. The Morgan fingerprint density at radius 3 is 2.88 bits per heavy atom. The number of nitrogens with zero attached hydrogens (tertiary/aromatic N) is 2. The summed E-state index contributed by atoms with van der Waals surface area (Å²) in [5.41, 5.74) is 0. The number of hydrogen-bond donors (Lipinski definition) is 1. The van der Waals surface area contributed by atoms with Crippen LogP contribution < -0.4 is 5.32 Å². The molecule has 1 aromatic rings. The summed E-state index contributed by atoms with van der Waals surface area (Å²) >= 11 is 0. The molecule has 0 bridgehead atoms. The SMILES string of the molecule is CNC(C)Cc1cnc(C2CCN(C)CC2)o1. The second-order valence-corrected chi connectivity index (χ2v) is 5.14. The van der Waals surface area contributed by atoms with Crippen molar-refractivity contribution in [2.45, 2.75) is 38.1 Å². The summed E-state index contributed by atoms with van der Waals surface area (Å²) in [4.78, 5) is 6.80. The molecule has 1 N–H and O–H groups in total. The number of likely N-dealkylation sites (N-methyl/N-ethyl adjacent to an activating group) is 1. The minimum atomic E-state index is 0.438. The summed E-state index contributed by atoms with van der Waals surface area (Å²) in [6, 6.07) is 0.438. The molecular weight excluding hydrogens is 214 g/mol. The predicted octanol–water partition coefficient (Wildman–Crippen LogP) is 1.63. The fraction of sp³-hybridized carbons (Fsp3) is 0.769. The average Bonchev–Trinajstić information content (AvgIpc) is 2.78. The van der Waals surface area contributed by atoms with Crippen molar-refractivity contribution in [2.75, 3.05) is 27.2 Å². The van der Waals surface area contributed by atoms with Gasteiger partial charge in [-0.2, -0.15) is 0 Å². The standard InChI is InChI=1S/C13H23N3O/c1-10(14-2)8-12-9-15-13(17-12)11-4-6-16(3)7-5-11/h9-11,14H,4-8H2,1-3H3. The average molecular weight is 237 g/mol. The highest BCUT2D eigenvalue weighted by molar-refractivity contribution is 5.01. The first kappa shape index (κ1) is 12.6. The molecule has 4 heteroatoms. The molecule has 96 valence electrons. The number of hydrogen-bond acceptors (Lipinski definition) is 4. The number of oxazole rings is 1. The first-order valence-corrected chi connectivity index (χ1v) is 6.49. The Morgan fingerprint density at radius 1 is 1.53 bits per heavy atom. The van der Waals surface area contributed by atoms with E-state index in [9.17, 15) is 0 Å². The van der Waals surface area contributed by atoms with Crippen LogP contribution >= 0.6 is 0 Å². The van der Waals surface area contributed by atoms with Gasteiger partial charge in [-0.05, 0) is 47.0 Å². The van der Waals surface area contributed by atoms with Gasteiger partial charge in [0.25, 0.3) is 0 Å². The summed E-state index contributed by atoms with van der Waals surface area (Å²) < 4.78 is 5.86. The van der Waals surface area contributed by atoms with Crippen molar-refractivity contribution in [3.8, 4) is 0 Å². The van der Waals surface area contributed by atoms with Gasteiger partial charge >= 0.3 is 0 Å². The maximum Gasteiger partial charge on any atom is 0.197 e. The number of aromatic nitrogens is 1. The van der Waals surface area contributed by atoms with E-state index < -0.39 is 0 Å². The lowest BCUT2D eigenvalue weighted by atomic mass is 9.97. The normalized spacial score (nSPS) is 20.6. The molecule has 1 fully saturated rings. The van der Waals surface area contributed by atoms with Gasteiger partial charge in [-0.25, -0.2) is 4.98 Å². The van der Waals surface area contributed by atoms with E-state index in [0.717, 1.165) is 44.0 Å². The highest BCUT2D eigenvalue weighted by Crippen LogP contribution is 2.27. The zero-order valence-electron chi connectivity index (χ0n) is 11.1. The Morgan fingerprint density at radius 2 is 2.24 bits per heavy atom. The fourth-order valence-corrected chi connectivity index (χ4v) is 2.27. The molecule has 4 nitrogen and oxygen atoms in total. The predicted molar refractivity (Wildman–Crippen MR) is 68.2 cm³/mol. The highest BCUT2D eigenvalue weighted by atomic mass is 16.4. The Kier molecular flexibility index (Phi) is 4.18. The number of nitrogens with one attached hydrogen (secondary N) is 1. The first-order chi connectivity index (χ1) is 8.19. The zero-order chi connectivity index (χ0) is 12.3. The van der Waals surface area contributed by atoms with Crippen molar-refractivity contribution >= 4 is 0 Å². The maximum absolute atomic E-state index is 5.86. The van der Waals surface area contributed by atoms with Gasteiger partial charge in [0.1, 0.15) is 5.76 Å². The molecule has 0 aliphatic carbocycles. The molecule has 1 aliphatic heterocycles. The summed E-state index contributed by atoms with van der Waals surface area (Å²) in [6.07, 6.45) is 5.13. The van der Waals surface area contributed by atoms with Gasteiger partial charge in [0.15, 0.2) is 5.89 Å². The van der Waals surface area contributed by atoms with E-state index in [4.69, 9.17) is 4.42 Å². The molecule has 1 saturated heterocycles. The summed E-state index contributed by atoms with van der Waals surface area (Å²) in [7, 11) is 4.14. The van der Waals surface area contributed by atoms with Crippen LogP contribution in [0.1, 0.15) is 37.3 Å². The van der Waals surface area contributed by atoms with Crippen LogP contribution in [-0.2, 0) is 6.42 Å². The lowest BCUT2D eigenvalue weighted by Gasteiger charge is -2.26. The molecule has 0 spiro atoms. The topological polar surface area (TPSA) is 41.3 Å². The molecule has 1 unspecified atom stereocenters. The third-order valence-electron chi connectivity index (χ3n) is 3.64. The van der Waals surface area contributed by atoms with Crippen molar-refractivity contribution in [1.82, 2.24) is 15.2 Å². The molecule has 1 aromatic heterocycles. The van der Waals surface area contributed by atoms with E-state index in [-0.39, 0.29) is 0 Å². The fourth-order valence-electron chi connectivity index (χ4n) is 2.27.